The maximum Gasteiger partial charge on any atom is 0.326 e. The first-order valence-corrected chi connectivity index (χ1v) is 14.4. The standard InChI is InChI=1S/C29H48N4O6/c1-21(2)26-20-38-17-9-5-3-4-6-11-27(34)39-24-14-12-22(13-15-24)18-23(19-31-26)32-29(37)33-25(28(35)36)10-7-8-16-30/h12-15,21,23,25-26,31H,3-11,16-20,30H2,1-2H3,(H,35,36)(H2,32,33,37)/t23-,25+,26-/m1/s1. The zero-order valence-electron chi connectivity index (χ0n) is 23.6. The van der Waals surface area contributed by atoms with Crippen molar-refractivity contribution in [3.05, 3.63) is 29.8 Å². The molecule has 1 aromatic carbocycles. The Bertz CT molecular complexity index is 864. The van der Waals surface area contributed by atoms with Gasteiger partial charge in [-0.1, -0.05) is 45.2 Å². The Hall–Kier alpha value is -2.69. The largest absolute Gasteiger partial charge is 0.480 e. The van der Waals surface area contributed by atoms with Gasteiger partial charge in [-0.3, -0.25) is 4.79 Å². The molecule has 0 fully saturated rings. The molecule has 10 nitrogen and oxygen atoms in total. The van der Waals surface area contributed by atoms with Gasteiger partial charge in [0.25, 0.3) is 0 Å². The number of nitrogens with one attached hydrogen (secondary N) is 3. The minimum absolute atomic E-state index is 0.104. The third-order valence-corrected chi connectivity index (χ3v) is 6.92. The molecule has 2 heterocycles. The summed E-state index contributed by atoms with van der Waals surface area (Å²) in [6.45, 7) is 6.47. The number of amides is 2. The van der Waals surface area contributed by atoms with Crippen molar-refractivity contribution in [2.45, 2.75) is 96.2 Å². The molecule has 0 unspecified atom stereocenters. The highest BCUT2D eigenvalue weighted by Gasteiger charge is 2.23. The van der Waals surface area contributed by atoms with E-state index in [1.165, 1.54) is 0 Å². The van der Waals surface area contributed by atoms with Crippen molar-refractivity contribution in [1.29, 1.82) is 0 Å². The van der Waals surface area contributed by atoms with Crippen LogP contribution in [0.3, 0.4) is 0 Å². The van der Waals surface area contributed by atoms with E-state index in [1.54, 1.807) is 12.1 Å². The maximum atomic E-state index is 12.8. The molecule has 2 bridgehead atoms. The number of carboxylic acid groups (broad SMARTS) is 1. The molecule has 0 radical (unpaired) electrons. The molecule has 2 amide bonds. The molecule has 1 aromatic rings. The van der Waals surface area contributed by atoms with E-state index in [-0.39, 0.29) is 18.1 Å². The Morgan fingerprint density at radius 1 is 1.10 bits per heavy atom. The van der Waals surface area contributed by atoms with E-state index < -0.39 is 18.0 Å². The van der Waals surface area contributed by atoms with E-state index in [4.69, 9.17) is 15.2 Å². The van der Waals surface area contributed by atoms with Gasteiger partial charge in [0.1, 0.15) is 11.8 Å². The molecule has 0 aromatic heterocycles. The molecule has 2 aliphatic rings. The molecular weight excluding hydrogens is 500 g/mol. The summed E-state index contributed by atoms with van der Waals surface area (Å²) in [7, 11) is 0. The van der Waals surface area contributed by atoms with E-state index in [0.717, 1.165) is 37.7 Å². The van der Waals surface area contributed by atoms with Gasteiger partial charge in [-0.2, -0.15) is 0 Å². The van der Waals surface area contributed by atoms with E-state index >= 15 is 0 Å². The Morgan fingerprint density at radius 3 is 2.51 bits per heavy atom. The number of nitrogens with two attached hydrogens (primary N) is 1. The van der Waals surface area contributed by atoms with Crippen LogP contribution in [0.15, 0.2) is 24.3 Å². The molecular formula is C29H48N4O6. The minimum Gasteiger partial charge on any atom is -0.480 e. The molecule has 0 saturated heterocycles. The lowest BCUT2D eigenvalue weighted by atomic mass is 10.0. The molecule has 39 heavy (non-hydrogen) atoms. The van der Waals surface area contributed by atoms with E-state index in [9.17, 15) is 19.5 Å². The maximum absolute atomic E-state index is 12.8. The predicted octanol–water partition coefficient (Wildman–Crippen LogP) is 3.37. The van der Waals surface area contributed by atoms with E-state index in [1.807, 2.05) is 12.1 Å². The number of rotatable bonds is 8. The number of fused-ring (bicyclic) bond motifs is 17. The SMILES string of the molecule is CC(C)[C@H]1COCCCCCCCC(=O)Oc2ccc(cc2)C[C@@H](NC(=O)N[C@@H](CCCCN)C(=O)O)CN1. The zero-order chi connectivity index (χ0) is 28.5. The number of hydrogen-bond acceptors (Lipinski definition) is 7. The van der Waals surface area contributed by atoms with Crippen molar-refractivity contribution in [2.75, 3.05) is 26.3 Å². The first kappa shape index (κ1) is 32.5. The summed E-state index contributed by atoms with van der Waals surface area (Å²) in [4.78, 5) is 36.7. The van der Waals surface area contributed by atoms with Crippen molar-refractivity contribution >= 4 is 18.0 Å². The Kier molecular flexibility index (Phi) is 15.5. The van der Waals surface area contributed by atoms with Crippen LogP contribution in [0, 0.1) is 5.92 Å². The van der Waals surface area contributed by atoms with Gasteiger partial charge in [0, 0.05) is 31.7 Å². The van der Waals surface area contributed by atoms with Gasteiger partial charge in [-0.15, -0.1) is 0 Å². The smallest absolute Gasteiger partial charge is 0.326 e. The molecule has 0 saturated carbocycles. The zero-order valence-corrected chi connectivity index (χ0v) is 23.6. The Labute approximate surface area is 232 Å². The lowest BCUT2D eigenvalue weighted by Gasteiger charge is -2.27. The number of carbonyl (C=O) groups is 3. The van der Waals surface area contributed by atoms with Gasteiger partial charge < -0.3 is 36.3 Å². The van der Waals surface area contributed by atoms with Gasteiger partial charge in [-0.05, 0) is 68.7 Å². The monoisotopic (exact) mass is 548 g/mol. The van der Waals surface area contributed by atoms with E-state index in [0.29, 0.717) is 70.1 Å². The lowest BCUT2D eigenvalue weighted by Crippen LogP contribution is -2.53. The first-order chi connectivity index (χ1) is 18.8. The fraction of sp³-hybridized carbons (Fsp3) is 0.690. The van der Waals surface area contributed by atoms with Crippen molar-refractivity contribution in [2.24, 2.45) is 11.7 Å². The first-order valence-electron chi connectivity index (χ1n) is 14.4. The van der Waals surface area contributed by atoms with Crippen LogP contribution in [0.5, 0.6) is 5.75 Å². The average molecular weight is 549 g/mol. The van der Waals surface area contributed by atoms with Crippen molar-refractivity contribution in [1.82, 2.24) is 16.0 Å². The second-order valence-corrected chi connectivity index (χ2v) is 10.7. The Balaban J connectivity index is 2.12. The third-order valence-electron chi connectivity index (χ3n) is 6.92. The van der Waals surface area contributed by atoms with Crippen LogP contribution in [-0.4, -0.2) is 67.5 Å². The highest BCUT2D eigenvalue weighted by Crippen LogP contribution is 2.16. The van der Waals surface area contributed by atoms with Crippen molar-refractivity contribution in [3.63, 3.8) is 0 Å². The number of unbranched alkanes of at least 4 members (excludes halogenated alkanes) is 1. The average Bonchev–Trinajstić information content (AvgIpc) is 2.89. The van der Waals surface area contributed by atoms with Gasteiger partial charge in [0.15, 0.2) is 0 Å². The molecule has 220 valence electrons. The molecule has 6 N–H and O–H groups in total. The summed E-state index contributed by atoms with van der Waals surface area (Å²) in [5.74, 6) is -0.485. The predicted molar refractivity (Wildman–Crippen MR) is 151 cm³/mol. The van der Waals surface area contributed by atoms with Crippen LogP contribution < -0.4 is 26.4 Å². The molecule has 2 aliphatic heterocycles. The van der Waals surface area contributed by atoms with Crippen LogP contribution in [0.1, 0.15) is 77.2 Å². The van der Waals surface area contributed by atoms with Crippen LogP contribution in [0.25, 0.3) is 0 Å². The molecule has 10 heteroatoms. The number of carbonyl (C=O) groups excluding carboxylic acids is 2. The molecule has 3 rings (SSSR count). The number of esters is 1. The second kappa shape index (κ2) is 18.6. The molecule has 3 atom stereocenters. The van der Waals surface area contributed by atoms with Crippen LogP contribution >= 0.6 is 0 Å². The van der Waals surface area contributed by atoms with Crippen LogP contribution in [0.4, 0.5) is 4.79 Å². The van der Waals surface area contributed by atoms with Gasteiger partial charge in [0.05, 0.1) is 6.61 Å². The normalized spacial score (nSPS) is 21.1. The number of benzene rings is 1. The highest BCUT2D eigenvalue weighted by molar-refractivity contribution is 5.82. The highest BCUT2D eigenvalue weighted by atomic mass is 16.5. The van der Waals surface area contributed by atoms with Gasteiger partial charge in [0.2, 0.25) is 0 Å². The second-order valence-electron chi connectivity index (χ2n) is 10.7. The molecule has 0 aliphatic carbocycles. The minimum atomic E-state index is -1.07. The summed E-state index contributed by atoms with van der Waals surface area (Å²) in [5, 5.41) is 18.6. The van der Waals surface area contributed by atoms with Crippen LogP contribution in [-0.2, 0) is 20.7 Å². The van der Waals surface area contributed by atoms with Crippen LogP contribution in [0.2, 0.25) is 0 Å². The summed E-state index contributed by atoms with van der Waals surface area (Å²) >= 11 is 0. The number of aliphatic carboxylic acids is 1. The van der Waals surface area contributed by atoms with Gasteiger partial charge in [-0.25, -0.2) is 9.59 Å². The van der Waals surface area contributed by atoms with Gasteiger partial charge >= 0.3 is 18.0 Å². The fourth-order valence-electron chi connectivity index (χ4n) is 4.47. The number of hydrogen-bond donors (Lipinski definition) is 5. The van der Waals surface area contributed by atoms with Crippen molar-refractivity contribution in [3.8, 4) is 5.75 Å². The number of ether oxygens (including phenoxy) is 2. The Morgan fingerprint density at radius 2 is 1.82 bits per heavy atom. The quantitative estimate of drug-likeness (QED) is 0.188. The van der Waals surface area contributed by atoms with E-state index in [2.05, 4.69) is 29.8 Å². The number of urea groups is 1. The summed E-state index contributed by atoms with van der Waals surface area (Å²) in [6, 6.07) is 5.56. The summed E-state index contributed by atoms with van der Waals surface area (Å²) in [6.07, 6.45) is 7.42. The molecule has 0 spiro atoms. The fourth-order valence-corrected chi connectivity index (χ4v) is 4.47. The lowest BCUT2D eigenvalue weighted by molar-refractivity contribution is -0.139. The third kappa shape index (κ3) is 13.8. The summed E-state index contributed by atoms with van der Waals surface area (Å²) in [5.41, 5.74) is 6.47. The summed E-state index contributed by atoms with van der Waals surface area (Å²) < 4.78 is 11.4. The number of carboxylic acids is 1. The topological polar surface area (TPSA) is 152 Å². The van der Waals surface area contributed by atoms with Crippen molar-refractivity contribution < 1.29 is 29.0 Å².